The molecule has 0 saturated heterocycles. The number of hydrogen-bond acceptors (Lipinski definition) is 6. The van der Waals surface area contributed by atoms with E-state index >= 15 is 0 Å². The molecule has 1 heterocycles. The van der Waals surface area contributed by atoms with Crippen molar-refractivity contribution in [3.8, 4) is 11.5 Å². The molecule has 2 N–H and O–H groups in total. The fraction of sp³-hybridized carbons (Fsp3) is 0.667. The fourth-order valence-corrected chi connectivity index (χ4v) is 6.18. The predicted molar refractivity (Wildman–Crippen MR) is 117 cm³/mol. The highest BCUT2D eigenvalue weighted by molar-refractivity contribution is 5.99. The highest BCUT2D eigenvalue weighted by atomic mass is 16.6. The molecule has 0 unspecified atom stereocenters. The summed E-state index contributed by atoms with van der Waals surface area (Å²) in [6.45, 7) is 3.52. The van der Waals surface area contributed by atoms with E-state index in [0.29, 0.717) is 24.2 Å². The summed E-state index contributed by atoms with van der Waals surface area (Å²) >= 11 is 0. The van der Waals surface area contributed by atoms with E-state index in [0.717, 1.165) is 19.3 Å². The molecule has 5 rings (SSSR count). The Kier molecular flexibility index (Phi) is 6.40. The van der Waals surface area contributed by atoms with Gasteiger partial charge in [0.05, 0.1) is 7.11 Å². The molecule has 32 heavy (non-hydrogen) atoms. The lowest BCUT2D eigenvalue weighted by Crippen LogP contribution is -2.62. The van der Waals surface area contributed by atoms with Gasteiger partial charge < -0.3 is 20.1 Å². The number of carbonyl (C=O) groups excluding carboxylic acids is 3. The van der Waals surface area contributed by atoms with Gasteiger partial charge in [-0.3, -0.25) is 14.4 Å². The minimum absolute atomic E-state index is 0.0281. The van der Waals surface area contributed by atoms with Crippen LogP contribution in [0.25, 0.3) is 0 Å². The topological polar surface area (TPSA) is 107 Å². The molecule has 0 aromatic carbocycles. The molecule has 0 spiro atoms. The van der Waals surface area contributed by atoms with Crippen LogP contribution in [0.15, 0.2) is 12.3 Å². The molecular formula is C24H33N3O5. The van der Waals surface area contributed by atoms with E-state index in [-0.39, 0.29) is 35.1 Å². The number of amides is 2. The first-order chi connectivity index (χ1) is 15.3. The lowest BCUT2D eigenvalue weighted by Gasteiger charge is -2.57. The minimum Gasteiger partial charge on any atom is -0.493 e. The summed E-state index contributed by atoms with van der Waals surface area (Å²) in [4.78, 5) is 42.1. The number of nitrogens with zero attached hydrogens (tertiary/aromatic N) is 1. The van der Waals surface area contributed by atoms with Crippen molar-refractivity contribution in [2.75, 3.05) is 7.11 Å². The molecule has 4 bridgehead atoms. The normalized spacial score (nSPS) is 28.7. The second-order valence-corrected chi connectivity index (χ2v) is 9.80. The lowest BCUT2D eigenvalue weighted by molar-refractivity contribution is -0.134. The Labute approximate surface area is 188 Å². The van der Waals surface area contributed by atoms with Crippen molar-refractivity contribution >= 4 is 17.8 Å². The molecule has 4 fully saturated rings. The van der Waals surface area contributed by atoms with Crippen LogP contribution in [0.1, 0.15) is 75.7 Å². The first kappa shape index (κ1) is 22.6. The standard InChI is InChI=1S/C24H33N3O5/c1-4-5-19(28)32-21-18(31-3)6-7-25-20(21)23(30)26-14(2)22(29)27-24-11-15-8-16(12-24)10-17(9-15)13-24/h6-7,14-17H,4-5,8-13H2,1-3H3,(H,26,30)(H,27,29)/t14-,15?,16?,17?,24?/m0/s1. The number of esters is 1. The Bertz CT molecular complexity index is 864. The maximum atomic E-state index is 13.0. The van der Waals surface area contributed by atoms with E-state index in [1.54, 1.807) is 6.92 Å². The quantitative estimate of drug-likeness (QED) is 0.598. The maximum Gasteiger partial charge on any atom is 0.311 e. The van der Waals surface area contributed by atoms with Crippen molar-refractivity contribution in [1.82, 2.24) is 15.6 Å². The van der Waals surface area contributed by atoms with E-state index in [4.69, 9.17) is 9.47 Å². The van der Waals surface area contributed by atoms with Gasteiger partial charge in [0.15, 0.2) is 11.4 Å². The van der Waals surface area contributed by atoms with Gasteiger partial charge in [0.25, 0.3) is 5.91 Å². The van der Waals surface area contributed by atoms with Crippen LogP contribution in [0.2, 0.25) is 0 Å². The Morgan fingerprint density at radius 3 is 2.34 bits per heavy atom. The molecule has 2 amide bonds. The van der Waals surface area contributed by atoms with Crippen LogP contribution in [-0.4, -0.2) is 41.5 Å². The van der Waals surface area contributed by atoms with Crippen molar-refractivity contribution < 1.29 is 23.9 Å². The molecule has 4 saturated carbocycles. The zero-order valence-corrected chi connectivity index (χ0v) is 19.1. The van der Waals surface area contributed by atoms with Gasteiger partial charge in [-0.05, 0) is 69.6 Å². The molecule has 1 aromatic rings. The van der Waals surface area contributed by atoms with E-state index in [1.807, 2.05) is 6.92 Å². The summed E-state index contributed by atoms with van der Waals surface area (Å²) in [5.74, 6) is 1.11. The lowest BCUT2D eigenvalue weighted by atomic mass is 9.53. The van der Waals surface area contributed by atoms with Gasteiger partial charge in [-0.1, -0.05) is 6.92 Å². The molecule has 8 heteroatoms. The maximum absolute atomic E-state index is 13.0. The molecule has 174 valence electrons. The molecule has 1 atom stereocenters. The van der Waals surface area contributed by atoms with Gasteiger partial charge in [0.2, 0.25) is 11.7 Å². The van der Waals surface area contributed by atoms with Gasteiger partial charge in [-0.15, -0.1) is 0 Å². The van der Waals surface area contributed by atoms with Crippen molar-refractivity contribution in [3.63, 3.8) is 0 Å². The summed E-state index contributed by atoms with van der Waals surface area (Å²) in [5, 5.41) is 6.00. The summed E-state index contributed by atoms with van der Waals surface area (Å²) in [6, 6.07) is 0.775. The van der Waals surface area contributed by atoms with Crippen LogP contribution in [0.5, 0.6) is 11.5 Å². The van der Waals surface area contributed by atoms with E-state index in [1.165, 1.54) is 38.6 Å². The zero-order valence-electron chi connectivity index (χ0n) is 19.1. The summed E-state index contributed by atoms with van der Waals surface area (Å²) < 4.78 is 10.6. The van der Waals surface area contributed by atoms with Gasteiger partial charge in [0, 0.05) is 24.2 Å². The highest BCUT2D eigenvalue weighted by Crippen LogP contribution is 2.55. The van der Waals surface area contributed by atoms with E-state index in [9.17, 15) is 14.4 Å². The molecule has 4 aliphatic carbocycles. The second-order valence-electron chi connectivity index (χ2n) is 9.80. The second kappa shape index (κ2) is 9.08. The Morgan fingerprint density at radius 1 is 1.16 bits per heavy atom. The minimum atomic E-state index is -0.748. The van der Waals surface area contributed by atoms with Crippen LogP contribution in [0.3, 0.4) is 0 Å². The first-order valence-corrected chi connectivity index (χ1v) is 11.7. The van der Waals surface area contributed by atoms with Crippen LogP contribution in [0, 0.1) is 17.8 Å². The summed E-state index contributed by atoms with van der Waals surface area (Å²) in [5.41, 5.74) is -0.205. The average molecular weight is 444 g/mol. The average Bonchev–Trinajstić information content (AvgIpc) is 2.72. The van der Waals surface area contributed by atoms with E-state index < -0.39 is 17.9 Å². The van der Waals surface area contributed by atoms with Crippen molar-refractivity contribution in [2.24, 2.45) is 17.8 Å². The number of methoxy groups -OCH3 is 1. The summed E-state index contributed by atoms with van der Waals surface area (Å²) in [7, 11) is 1.43. The smallest absolute Gasteiger partial charge is 0.311 e. The van der Waals surface area contributed by atoms with Crippen molar-refractivity contribution in [3.05, 3.63) is 18.0 Å². The Hall–Kier alpha value is -2.64. The predicted octanol–water partition coefficient (Wildman–Crippen LogP) is 3.00. The van der Waals surface area contributed by atoms with Gasteiger partial charge in [-0.25, -0.2) is 4.98 Å². The van der Waals surface area contributed by atoms with Crippen molar-refractivity contribution in [2.45, 2.75) is 76.8 Å². The molecule has 0 radical (unpaired) electrons. The monoisotopic (exact) mass is 443 g/mol. The zero-order chi connectivity index (χ0) is 22.9. The molecule has 4 aliphatic rings. The van der Waals surface area contributed by atoms with Gasteiger partial charge in [0.1, 0.15) is 6.04 Å². The Balaban J connectivity index is 1.43. The number of pyridine rings is 1. The third-order valence-electron chi connectivity index (χ3n) is 7.14. The van der Waals surface area contributed by atoms with Crippen molar-refractivity contribution in [1.29, 1.82) is 0 Å². The molecule has 8 nitrogen and oxygen atoms in total. The number of nitrogens with one attached hydrogen (secondary N) is 2. The van der Waals surface area contributed by atoms with Crippen LogP contribution in [-0.2, 0) is 9.59 Å². The number of ether oxygens (including phenoxy) is 2. The molecular weight excluding hydrogens is 410 g/mol. The van der Waals surface area contributed by atoms with Crippen LogP contribution in [0.4, 0.5) is 0 Å². The Morgan fingerprint density at radius 2 is 1.78 bits per heavy atom. The largest absolute Gasteiger partial charge is 0.493 e. The third kappa shape index (κ3) is 4.59. The van der Waals surface area contributed by atoms with Gasteiger partial charge >= 0.3 is 5.97 Å². The number of aromatic nitrogens is 1. The van der Waals surface area contributed by atoms with Crippen LogP contribution >= 0.6 is 0 Å². The van der Waals surface area contributed by atoms with E-state index in [2.05, 4.69) is 15.6 Å². The number of carbonyl (C=O) groups is 3. The fourth-order valence-electron chi connectivity index (χ4n) is 6.18. The highest BCUT2D eigenvalue weighted by Gasteiger charge is 2.51. The molecule has 0 aliphatic heterocycles. The first-order valence-electron chi connectivity index (χ1n) is 11.7. The number of rotatable bonds is 8. The van der Waals surface area contributed by atoms with Crippen LogP contribution < -0.4 is 20.1 Å². The molecule has 1 aromatic heterocycles. The SMILES string of the molecule is CCCC(=O)Oc1c(OC)ccnc1C(=O)N[C@@H](C)C(=O)NC12CC3CC(CC(C3)C1)C2. The third-order valence-corrected chi connectivity index (χ3v) is 7.14. The van der Waals surface area contributed by atoms with Gasteiger partial charge in [-0.2, -0.15) is 0 Å². The summed E-state index contributed by atoms with van der Waals surface area (Å²) in [6.07, 6.45) is 9.24. The number of hydrogen-bond donors (Lipinski definition) is 2.